The van der Waals surface area contributed by atoms with E-state index >= 15 is 0 Å². The van der Waals surface area contributed by atoms with Crippen molar-refractivity contribution in [3.8, 4) is 5.75 Å². The first-order valence-corrected chi connectivity index (χ1v) is 11.5. The molecule has 0 unspecified atom stereocenters. The summed E-state index contributed by atoms with van der Waals surface area (Å²) >= 11 is 0. The van der Waals surface area contributed by atoms with Crippen LogP contribution in [-0.4, -0.2) is 23.2 Å². The van der Waals surface area contributed by atoms with Gasteiger partial charge in [-0.3, -0.25) is 9.44 Å². The summed E-state index contributed by atoms with van der Waals surface area (Å²) in [7, 11) is -8.38. The molecule has 0 aromatic heterocycles. The van der Waals surface area contributed by atoms with Crippen LogP contribution in [0.4, 0.5) is 24.5 Å². The Bertz CT molecular complexity index is 1260. The van der Waals surface area contributed by atoms with E-state index in [0.29, 0.717) is 5.69 Å². The Hall–Kier alpha value is -3.25. The molecule has 0 amide bonds. The van der Waals surface area contributed by atoms with Crippen molar-refractivity contribution < 1.29 is 34.7 Å². The maximum absolute atomic E-state index is 12.5. The number of rotatable bonds is 7. The molecule has 0 aliphatic heterocycles. The molecule has 0 saturated heterocycles. The Kier molecular flexibility index (Phi) is 6.13. The second-order valence-corrected chi connectivity index (χ2v) is 9.43. The van der Waals surface area contributed by atoms with Gasteiger partial charge in [0.1, 0.15) is 10.6 Å². The van der Waals surface area contributed by atoms with E-state index in [2.05, 4.69) is 14.2 Å². The van der Waals surface area contributed by atoms with Gasteiger partial charge in [0.05, 0.1) is 4.90 Å². The van der Waals surface area contributed by atoms with Crippen LogP contribution in [0.5, 0.6) is 5.75 Å². The van der Waals surface area contributed by atoms with Crippen molar-refractivity contribution >= 4 is 31.4 Å². The number of anilines is 2. The van der Waals surface area contributed by atoms with Gasteiger partial charge in [0.25, 0.3) is 20.0 Å². The standard InChI is InChI=1S/C19H15F3N2O5S2/c20-19(21,22)29-17-8-4-5-9-18(17)31(27,28)24-15-10-12-16(13-11-15)30(25,26)23-14-6-2-1-3-7-14/h1-13,23-24H. The summed E-state index contributed by atoms with van der Waals surface area (Å²) in [6.45, 7) is 0. The molecule has 0 aliphatic rings. The van der Waals surface area contributed by atoms with Gasteiger partial charge in [0, 0.05) is 11.4 Å². The summed E-state index contributed by atoms with van der Waals surface area (Å²) in [5, 5.41) is 0. The summed E-state index contributed by atoms with van der Waals surface area (Å²) in [6.07, 6.45) is -5.08. The lowest BCUT2D eigenvalue weighted by Crippen LogP contribution is -2.21. The van der Waals surface area contributed by atoms with Crippen LogP contribution in [0.25, 0.3) is 0 Å². The van der Waals surface area contributed by atoms with Crippen molar-refractivity contribution in [3.05, 3.63) is 78.9 Å². The Labute approximate surface area is 176 Å². The van der Waals surface area contributed by atoms with Gasteiger partial charge < -0.3 is 4.74 Å². The highest BCUT2D eigenvalue weighted by Crippen LogP contribution is 2.30. The molecule has 0 saturated carbocycles. The fourth-order valence-electron chi connectivity index (χ4n) is 2.51. The van der Waals surface area contributed by atoms with E-state index in [1.165, 1.54) is 24.3 Å². The Morgan fingerprint density at radius 2 is 1.16 bits per heavy atom. The predicted molar refractivity (Wildman–Crippen MR) is 108 cm³/mol. The van der Waals surface area contributed by atoms with Crippen molar-refractivity contribution in [1.29, 1.82) is 0 Å². The van der Waals surface area contributed by atoms with E-state index in [0.717, 1.165) is 24.3 Å². The van der Waals surface area contributed by atoms with Crippen LogP contribution in [0.15, 0.2) is 88.7 Å². The molecule has 7 nitrogen and oxygen atoms in total. The number of nitrogens with one attached hydrogen (secondary N) is 2. The molecule has 3 rings (SSSR count). The zero-order valence-electron chi connectivity index (χ0n) is 15.5. The number of ether oxygens (including phenoxy) is 1. The SMILES string of the molecule is O=S(=O)(Nc1ccccc1)c1ccc(NS(=O)(=O)c2ccccc2OC(F)(F)F)cc1. The Balaban J connectivity index is 1.81. The normalized spacial score (nSPS) is 12.2. The molecule has 0 heterocycles. The van der Waals surface area contributed by atoms with Gasteiger partial charge in [0.15, 0.2) is 0 Å². The second-order valence-electron chi connectivity index (χ2n) is 6.10. The minimum absolute atomic E-state index is 0.0551. The molecular formula is C19H15F3N2O5S2. The molecule has 0 bridgehead atoms. The average Bonchev–Trinajstić information content (AvgIpc) is 2.67. The van der Waals surface area contributed by atoms with E-state index in [4.69, 9.17) is 0 Å². The summed E-state index contributed by atoms with van der Waals surface area (Å²) in [5.41, 5.74) is 0.286. The van der Waals surface area contributed by atoms with E-state index in [-0.39, 0.29) is 10.6 Å². The molecule has 0 fully saturated rings. The molecule has 31 heavy (non-hydrogen) atoms. The summed E-state index contributed by atoms with van der Waals surface area (Å²) in [5.74, 6) is -0.895. The van der Waals surface area contributed by atoms with E-state index in [9.17, 15) is 30.0 Å². The molecule has 0 radical (unpaired) electrons. The molecule has 12 heteroatoms. The number of hydrogen-bond acceptors (Lipinski definition) is 5. The van der Waals surface area contributed by atoms with Crippen LogP contribution < -0.4 is 14.2 Å². The lowest BCUT2D eigenvalue weighted by Gasteiger charge is -2.14. The lowest BCUT2D eigenvalue weighted by atomic mass is 10.3. The summed E-state index contributed by atoms with van der Waals surface area (Å²) in [4.78, 5) is -0.866. The molecule has 164 valence electrons. The zero-order valence-corrected chi connectivity index (χ0v) is 17.1. The maximum atomic E-state index is 12.5. The Morgan fingerprint density at radius 3 is 1.77 bits per heavy atom. The van der Waals surface area contributed by atoms with Gasteiger partial charge in [-0.25, -0.2) is 16.8 Å². The maximum Gasteiger partial charge on any atom is 0.573 e. The highest BCUT2D eigenvalue weighted by Gasteiger charge is 2.34. The van der Waals surface area contributed by atoms with Gasteiger partial charge in [-0.1, -0.05) is 30.3 Å². The number of benzene rings is 3. The van der Waals surface area contributed by atoms with Crippen molar-refractivity contribution in [2.45, 2.75) is 16.2 Å². The van der Waals surface area contributed by atoms with Crippen molar-refractivity contribution in [2.75, 3.05) is 9.44 Å². The molecule has 0 spiro atoms. The smallest absolute Gasteiger partial charge is 0.404 e. The van der Waals surface area contributed by atoms with Crippen molar-refractivity contribution in [2.24, 2.45) is 0 Å². The average molecular weight is 472 g/mol. The van der Waals surface area contributed by atoms with Crippen LogP contribution >= 0.6 is 0 Å². The quantitative estimate of drug-likeness (QED) is 0.537. The fraction of sp³-hybridized carbons (Fsp3) is 0.0526. The second kappa shape index (κ2) is 8.47. The number of hydrogen-bond donors (Lipinski definition) is 2. The van der Waals surface area contributed by atoms with E-state index in [1.807, 2.05) is 0 Å². The largest absolute Gasteiger partial charge is 0.573 e. The van der Waals surface area contributed by atoms with Gasteiger partial charge in [-0.2, -0.15) is 0 Å². The number of alkyl halides is 3. The molecule has 0 atom stereocenters. The van der Waals surface area contributed by atoms with Crippen LogP contribution in [-0.2, 0) is 20.0 Å². The minimum atomic E-state index is -5.08. The third kappa shape index (κ3) is 5.89. The van der Waals surface area contributed by atoms with Gasteiger partial charge in [0.2, 0.25) is 0 Å². The molecular weight excluding hydrogens is 457 g/mol. The van der Waals surface area contributed by atoms with Gasteiger partial charge in [-0.15, -0.1) is 13.2 Å². The highest BCUT2D eigenvalue weighted by atomic mass is 32.2. The zero-order chi connectivity index (χ0) is 22.7. The summed E-state index contributed by atoms with van der Waals surface area (Å²) in [6, 6.07) is 17.0. The number of halogens is 3. The molecule has 3 aromatic rings. The third-order valence-electron chi connectivity index (χ3n) is 3.81. The lowest BCUT2D eigenvalue weighted by molar-refractivity contribution is -0.275. The summed E-state index contributed by atoms with van der Waals surface area (Å²) < 4.78 is 95.8. The van der Waals surface area contributed by atoms with E-state index < -0.39 is 37.1 Å². The van der Waals surface area contributed by atoms with Gasteiger partial charge >= 0.3 is 6.36 Å². The van der Waals surface area contributed by atoms with Crippen LogP contribution in [0, 0.1) is 0 Å². The number of sulfonamides is 2. The van der Waals surface area contributed by atoms with Crippen LogP contribution in [0.3, 0.4) is 0 Å². The number of para-hydroxylation sites is 2. The first-order chi connectivity index (χ1) is 14.5. The van der Waals surface area contributed by atoms with Crippen LogP contribution in [0.1, 0.15) is 0 Å². The van der Waals surface area contributed by atoms with Crippen LogP contribution in [0.2, 0.25) is 0 Å². The fourth-order valence-corrected chi connectivity index (χ4v) is 4.76. The monoisotopic (exact) mass is 472 g/mol. The highest BCUT2D eigenvalue weighted by molar-refractivity contribution is 7.93. The first-order valence-electron chi connectivity index (χ1n) is 8.52. The van der Waals surface area contributed by atoms with Crippen molar-refractivity contribution in [1.82, 2.24) is 0 Å². The third-order valence-corrected chi connectivity index (χ3v) is 6.63. The first kappa shape index (κ1) is 22.4. The minimum Gasteiger partial charge on any atom is -0.404 e. The van der Waals surface area contributed by atoms with Crippen molar-refractivity contribution in [3.63, 3.8) is 0 Å². The Morgan fingerprint density at radius 1 is 0.645 bits per heavy atom. The molecule has 0 aliphatic carbocycles. The van der Waals surface area contributed by atoms with Gasteiger partial charge in [-0.05, 0) is 48.5 Å². The molecule has 3 aromatic carbocycles. The topological polar surface area (TPSA) is 102 Å². The van der Waals surface area contributed by atoms with E-state index in [1.54, 1.807) is 30.3 Å². The molecule has 2 N–H and O–H groups in total. The predicted octanol–water partition coefficient (Wildman–Crippen LogP) is 4.19.